The Morgan fingerprint density at radius 1 is 0.872 bits per heavy atom. The van der Waals surface area contributed by atoms with Gasteiger partial charge in [-0.05, 0) is 122 Å². The molecule has 0 saturated heterocycles. The van der Waals surface area contributed by atoms with Crippen molar-refractivity contribution < 1.29 is 14.3 Å². The van der Waals surface area contributed by atoms with Crippen LogP contribution < -0.4 is 10.6 Å². The number of nitrogens with one attached hydrogen (secondary N) is 2. The lowest BCUT2D eigenvalue weighted by Crippen LogP contribution is -2.56. The zero-order valence-electron chi connectivity index (χ0n) is 23.0. The van der Waals surface area contributed by atoms with Crippen LogP contribution in [0.1, 0.15) is 85.7 Å². The van der Waals surface area contributed by atoms with E-state index in [0.29, 0.717) is 34.2 Å². The number of pyridine rings is 1. The maximum atomic E-state index is 13.0. The number of benzene rings is 2. The van der Waals surface area contributed by atoms with E-state index in [-0.39, 0.29) is 11.6 Å². The summed E-state index contributed by atoms with van der Waals surface area (Å²) in [7, 11) is 0. The van der Waals surface area contributed by atoms with Gasteiger partial charge in [0.15, 0.2) is 5.69 Å². The molecule has 6 heteroatoms. The van der Waals surface area contributed by atoms with Gasteiger partial charge in [-0.1, -0.05) is 32.0 Å². The first-order valence-corrected chi connectivity index (χ1v) is 14.1. The second-order valence-corrected chi connectivity index (χ2v) is 12.8. The fraction of sp³-hybridized carbons (Fsp3) is 0.424. The third-order valence-electron chi connectivity index (χ3n) is 9.03. The second-order valence-electron chi connectivity index (χ2n) is 12.8. The van der Waals surface area contributed by atoms with Crippen molar-refractivity contribution in [2.45, 2.75) is 64.7 Å². The molecule has 4 fully saturated rings. The van der Waals surface area contributed by atoms with Crippen molar-refractivity contribution in [2.24, 2.45) is 16.7 Å². The Morgan fingerprint density at radius 3 is 2.18 bits per heavy atom. The van der Waals surface area contributed by atoms with Crippen molar-refractivity contribution in [3.63, 3.8) is 0 Å². The molecule has 2 unspecified atom stereocenters. The molecule has 7 rings (SSSR count). The number of hydrogen-bond acceptors (Lipinski definition) is 5. The number of amides is 1. The molecule has 4 aliphatic carbocycles. The van der Waals surface area contributed by atoms with Crippen molar-refractivity contribution in [2.75, 3.05) is 17.2 Å². The molecule has 39 heavy (non-hydrogen) atoms. The number of rotatable bonds is 7. The van der Waals surface area contributed by atoms with E-state index in [2.05, 4.69) is 53.7 Å². The molecule has 2 atom stereocenters. The van der Waals surface area contributed by atoms with E-state index in [1.807, 2.05) is 12.1 Å². The van der Waals surface area contributed by atoms with Crippen molar-refractivity contribution in [3.8, 4) is 0 Å². The van der Waals surface area contributed by atoms with Crippen LogP contribution >= 0.6 is 0 Å². The molecular weight excluding hydrogens is 486 g/mol. The average molecular weight is 524 g/mol. The minimum Gasteiger partial charge on any atom is -0.461 e. The van der Waals surface area contributed by atoms with E-state index >= 15 is 0 Å². The highest BCUT2D eigenvalue weighted by Crippen LogP contribution is 2.69. The Bertz CT molecular complexity index is 1380. The molecule has 4 bridgehead atoms. The number of ether oxygens (including phenoxy) is 1. The Labute approximate surface area is 230 Å². The Morgan fingerprint density at radius 2 is 1.54 bits per heavy atom. The fourth-order valence-corrected chi connectivity index (χ4v) is 8.56. The lowest BCUT2D eigenvalue weighted by molar-refractivity contribution is -0.110. The van der Waals surface area contributed by atoms with E-state index < -0.39 is 5.97 Å². The first-order valence-electron chi connectivity index (χ1n) is 14.1. The molecule has 6 nitrogen and oxygen atoms in total. The van der Waals surface area contributed by atoms with Crippen LogP contribution in [-0.2, 0) is 10.2 Å². The molecule has 2 N–H and O–H groups in total. The smallest absolute Gasteiger partial charge is 0.356 e. The zero-order chi connectivity index (χ0) is 27.3. The molecule has 1 amide bonds. The summed E-state index contributed by atoms with van der Waals surface area (Å²) in [4.78, 5) is 29.2. The van der Waals surface area contributed by atoms with Gasteiger partial charge < -0.3 is 15.4 Å². The van der Waals surface area contributed by atoms with Crippen LogP contribution in [0.5, 0.6) is 0 Å². The second kappa shape index (κ2) is 9.51. The largest absolute Gasteiger partial charge is 0.461 e. The molecule has 0 aliphatic heterocycles. The van der Waals surface area contributed by atoms with Gasteiger partial charge >= 0.3 is 5.97 Å². The molecular formula is C33H37N3O3. The van der Waals surface area contributed by atoms with Gasteiger partial charge in [0.05, 0.1) is 6.61 Å². The van der Waals surface area contributed by atoms with Gasteiger partial charge in [0.1, 0.15) is 5.82 Å². The Hall–Kier alpha value is -3.67. The van der Waals surface area contributed by atoms with Gasteiger partial charge in [-0.15, -0.1) is 0 Å². The van der Waals surface area contributed by atoms with E-state index in [4.69, 9.17) is 4.74 Å². The van der Waals surface area contributed by atoms with Crippen molar-refractivity contribution in [1.82, 2.24) is 4.98 Å². The zero-order valence-corrected chi connectivity index (χ0v) is 23.0. The lowest BCUT2D eigenvalue weighted by Gasteiger charge is -2.65. The van der Waals surface area contributed by atoms with E-state index in [9.17, 15) is 9.59 Å². The van der Waals surface area contributed by atoms with Crippen molar-refractivity contribution >= 4 is 29.1 Å². The maximum Gasteiger partial charge on any atom is 0.356 e. The van der Waals surface area contributed by atoms with Crippen LogP contribution in [0.2, 0.25) is 0 Å². The third-order valence-corrected chi connectivity index (χ3v) is 9.03. The number of hydrogen-bond donors (Lipinski definition) is 2. The van der Waals surface area contributed by atoms with E-state index in [1.165, 1.54) is 44.1 Å². The summed E-state index contributed by atoms with van der Waals surface area (Å²) >= 11 is 0. The van der Waals surface area contributed by atoms with E-state index in [1.54, 1.807) is 37.3 Å². The average Bonchev–Trinajstić information content (AvgIpc) is 2.88. The van der Waals surface area contributed by atoms with Gasteiger partial charge in [0.25, 0.3) is 5.91 Å². The lowest BCUT2D eigenvalue weighted by atomic mass is 9.39. The molecule has 202 valence electrons. The van der Waals surface area contributed by atoms with Crippen LogP contribution in [0.25, 0.3) is 0 Å². The molecule has 2 aromatic carbocycles. The molecule has 1 heterocycles. The number of nitrogens with zero attached hydrogens (tertiary/aromatic N) is 1. The summed E-state index contributed by atoms with van der Waals surface area (Å²) < 4.78 is 5.02. The Kier molecular flexibility index (Phi) is 6.24. The van der Waals surface area contributed by atoms with Crippen LogP contribution in [0.3, 0.4) is 0 Å². The monoisotopic (exact) mass is 523 g/mol. The summed E-state index contributed by atoms with van der Waals surface area (Å²) in [6, 6.07) is 21.0. The number of esters is 1. The van der Waals surface area contributed by atoms with Crippen LogP contribution in [-0.4, -0.2) is 23.5 Å². The summed E-state index contributed by atoms with van der Waals surface area (Å²) in [6.45, 7) is 7.08. The SMILES string of the molecule is CCOC(=O)c1cccc(Nc2ccc(C(=O)Nc3ccc(C45CC6CC(C)(CC(C)(C6)C4)C5)cc3)cc2)n1. The molecule has 1 aromatic heterocycles. The highest BCUT2D eigenvalue weighted by molar-refractivity contribution is 6.04. The molecule has 3 aromatic rings. The van der Waals surface area contributed by atoms with Gasteiger partial charge in [0, 0.05) is 16.9 Å². The molecule has 4 saturated carbocycles. The normalized spacial score (nSPS) is 28.6. The molecule has 4 aliphatic rings. The predicted molar refractivity (Wildman–Crippen MR) is 153 cm³/mol. The van der Waals surface area contributed by atoms with Crippen molar-refractivity contribution in [3.05, 3.63) is 83.6 Å². The summed E-state index contributed by atoms with van der Waals surface area (Å²) in [5, 5.41) is 6.22. The van der Waals surface area contributed by atoms with Crippen LogP contribution in [0, 0.1) is 16.7 Å². The van der Waals surface area contributed by atoms with Crippen LogP contribution in [0.15, 0.2) is 66.7 Å². The van der Waals surface area contributed by atoms with Gasteiger partial charge in [-0.2, -0.15) is 0 Å². The number of carbonyl (C=O) groups excluding carboxylic acids is 2. The Balaban J connectivity index is 1.10. The molecule has 0 spiro atoms. The molecule has 0 radical (unpaired) electrons. The number of anilines is 3. The fourth-order valence-electron chi connectivity index (χ4n) is 8.56. The van der Waals surface area contributed by atoms with Gasteiger partial charge in [-0.3, -0.25) is 4.79 Å². The first kappa shape index (κ1) is 25.6. The van der Waals surface area contributed by atoms with E-state index in [0.717, 1.165) is 17.3 Å². The number of aromatic nitrogens is 1. The summed E-state index contributed by atoms with van der Waals surface area (Å²) in [5.74, 6) is 0.777. The van der Waals surface area contributed by atoms with Gasteiger partial charge in [0.2, 0.25) is 0 Å². The topological polar surface area (TPSA) is 80.3 Å². The number of carbonyl (C=O) groups is 2. The highest BCUT2D eigenvalue weighted by Gasteiger charge is 2.60. The third kappa shape index (κ3) is 5.05. The quantitative estimate of drug-likeness (QED) is 0.313. The summed E-state index contributed by atoms with van der Waals surface area (Å²) in [5.41, 5.74) is 5.08. The first-order chi connectivity index (χ1) is 18.7. The highest BCUT2D eigenvalue weighted by atomic mass is 16.5. The van der Waals surface area contributed by atoms with Crippen LogP contribution in [0.4, 0.5) is 17.2 Å². The van der Waals surface area contributed by atoms with Gasteiger partial charge in [-0.25, -0.2) is 9.78 Å². The maximum absolute atomic E-state index is 13.0. The predicted octanol–water partition coefficient (Wildman–Crippen LogP) is 7.50. The summed E-state index contributed by atoms with van der Waals surface area (Å²) in [6.07, 6.45) is 8.05. The van der Waals surface area contributed by atoms with Crippen molar-refractivity contribution in [1.29, 1.82) is 0 Å². The minimum atomic E-state index is -0.456. The standard InChI is InChI=1S/C33H37N3O3/c1-4-39-30(38)27-6-5-7-28(36-27)34-25-12-8-23(9-13-25)29(37)35-26-14-10-24(11-15-26)33-18-22-16-31(2,20-33)19-32(3,17-22)21-33/h5-15,22H,4,16-21H2,1-3H3,(H,34,36)(H,35,37). The minimum absolute atomic E-state index is 0.147.